The molecule has 2 atom stereocenters. The Labute approximate surface area is 86.7 Å². The van der Waals surface area contributed by atoms with E-state index in [9.17, 15) is 0 Å². The fraction of sp³-hybridized carbons (Fsp3) is 0.455. The van der Waals surface area contributed by atoms with Gasteiger partial charge in [0.2, 0.25) is 0 Å². The van der Waals surface area contributed by atoms with Gasteiger partial charge in [0.1, 0.15) is 0 Å². The van der Waals surface area contributed by atoms with Gasteiger partial charge in [0.25, 0.3) is 0 Å². The summed E-state index contributed by atoms with van der Waals surface area (Å²) in [5.41, 5.74) is 4.54. The molecule has 1 aromatic carbocycles. The minimum absolute atomic E-state index is 0.654. The highest BCUT2D eigenvalue weighted by Crippen LogP contribution is 2.40. The SMILES string of the molecule is Cc1cc(Br)cc2c1C1CC(C2)N1. The summed E-state index contributed by atoms with van der Waals surface area (Å²) in [4.78, 5) is 0. The zero-order valence-electron chi connectivity index (χ0n) is 7.60. The maximum atomic E-state index is 3.58. The Morgan fingerprint density at radius 2 is 2.23 bits per heavy atom. The number of hydrogen-bond acceptors (Lipinski definition) is 1. The highest BCUT2D eigenvalue weighted by molar-refractivity contribution is 9.10. The van der Waals surface area contributed by atoms with Crippen molar-refractivity contribution in [3.05, 3.63) is 33.3 Å². The summed E-state index contributed by atoms with van der Waals surface area (Å²) in [7, 11) is 0. The summed E-state index contributed by atoms with van der Waals surface area (Å²) in [6, 6.07) is 5.91. The Balaban J connectivity index is 2.20. The quantitative estimate of drug-likeness (QED) is 0.732. The maximum absolute atomic E-state index is 3.58. The Morgan fingerprint density at radius 1 is 1.46 bits per heavy atom. The van der Waals surface area contributed by atoms with Crippen LogP contribution in [0.2, 0.25) is 0 Å². The third-order valence-corrected chi connectivity index (χ3v) is 3.67. The van der Waals surface area contributed by atoms with Crippen molar-refractivity contribution in [1.29, 1.82) is 0 Å². The number of rotatable bonds is 0. The molecule has 2 heteroatoms. The van der Waals surface area contributed by atoms with Crippen LogP contribution in [0.25, 0.3) is 0 Å². The van der Waals surface area contributed by atoms with Crippen LogP contribution in [0.5, 0.6) is 0 Å². The highest BCUT2D eigenvalue weighted by atomic mass is 79.9. The average Bonchev–Trinajstić information content (AvgIpc) is 2.00. The summed E-state index contributed by atoms with van der Waals surface area (Å²) in [6.45, 7) is 2.21. The monoisotopic (exact) mass is 237 g/mol. The van der Waals surface area contributed by atoms with E-state index in [0.29, 0.717) is 6.04 Å². The molecule has 13 heavy (non-hydrogen) atoms. The summed E-state index contributed by atoms with van der Waals surface area (Å²) < 4.78 is 1.23. The molecule has 1 fully saturated rings. The molecule has 2 aliphatic heterocycles. The van der Waals surface area contributed by atoms with Crippen LogP contribution < -0.4 is 5.32 Å². The van der Waals surface area contributed by atoms with Crippen LogP contribution in [0.15, 0.2) is 16.6 Å². The molecular formula is C11H12BrN. The number of nitrogens with one attached hydrogen (secondary N) is 1. The molecule has 0 amide bonds. The van der Waals surface area contributed by atoms with Crippen molar-refractivity contribution in [3.8, 4) is 0 Å². The van der Waals surface area contributed by atoms with Gasteiger partial charge in [-0.1, -0.05) is 15.9 Å². The van der Waals surface area contributed by atoms with Crippen molar-refractivity contribution in [1.82, 2.24) is 5.32 Å². The molecule has 0 radical (unpaired) electrons. The molecule has 0 saturated carbocycles. The van der Waals surface area contributed by atoms with Crippen molar-refractivity contribution in [2.24, 2.45) is 0 Å². The predicted molar refractivity (Wildman–Crippen MR) is 56.9 cm³/mol. The van der Waals surface area contributed by atoms with Gasteiger partial charge in [-0.3, -0.25) is 0 Å². The van der Waals surface area contributed by atoms with Crippen LogP contribution in [0.1, 0.15) is 29.2 Å². The van der Waals surface area contributed by atoms with Crippen LogP contribution >= 0.6 is 15.9 Å². The molecule has 0 aromatic heterocycles. The van der Waals surface area contributed by atoms with E-state index in [4.69, 9.17) is 0 Å². The molecule has 4 rings (SSSR count). The predicted octanol–water partition coefficient (Wildman–Crippen LogP) is 2.72. The second-order valence-corrected chi connectivity index (χ2v) is 5.07. The van der Waals surface area contributed by atoms with E-state index in [0.717, 1.165) is 6.04 Å². The maximum Gasteiger partial charge on any atom is 0.0343 e. The largest absolute Gasteiger partial charge is 0.307 e. The first kappa shape index (κ1) is 8.01. The zero-order valence-corrected chi connectivity index (χ0v) is 9.19. The second-order valence-electron chi connectivity index (χ2n) is 4.15. The molecule has 1 saturated heterocycles. The van der Waals surface area contributed by atoms with Gasteiger partial charge < -0.3 is 5.32 Å². The lowest BCUT2D eigenvalue weighted by molar-refractivity contribution is 0.242. The van der Waals surface area contributed by atoms with Gasteiger partial charge in [0, 0.05) is 16.6 Å². The lowest BCUT2D eigenvalue weighted by Gasteiger charge is -2.45. The Bertz CT molecular complexity index is 367. The van der Waals surface area contributed by atoms with Crippen LogP contribution in [0.4, 0.5) is 0 Å². The van der Waals surface area contributed by atoms with E-state index < -0.39 is 0 Å². The van der Waals surface area contributed by atoms with Gasteiger partial charge in [0.15, 0.2) is 0 Å². The van der Waals surface area contributed by atoms with E-state index in [-0.39, 0.29) is 0 Å². The van der Waals surface area contributed by atoms with E-state index in [1.165, 1.54) is 22.9 Å². The first-order chi connectivity index (χ1) is 6.24. The number of aryl methyl sites for hydroxylation is 1. The Morgan fingerprint density at radius 3 is 3.00 bits per heavy atom. The van der Waals surface area contributed by atoms with Crippen molar-refractivity contribution in [3.63, 3.8) is 0 Å². The summed E-state index contributed by atoms with van der Waals surface area (Å²) in [5.74, 6) is 0. The molecule has 1 aromatic rings. The molecule has 0 spiro atoms. The second kappa shape index (κ2) is 2.58. The van der Waals surface area contributed by atoms with Gasteiger partial charge in [-0.25, -0.2) is 0 Å². The number of halogens is 1. The van der Waals surface area contributed by atoms with Crippen molar-refractivity contribution >= 4 is 15.9 Å². The Hall–Kier alpha value is -0.340. The normalized spacial score (nSPS) is 29.4. The van der Waals surface area contributed by atoms with Crippen LogP contribution in [0, 0.1) is 6.92 Å². The van der Waals surface area contributed by atoms with Gasteiger partial charge in [-0.2, -0.15) is 0 Å². The smallest absolute Gasteiger partial charge is 0.0343 e. The van der Waals surface area contributed by atoms with E-state index in [1.54, 1.807) is 11.1 Å². The van der Waals surface area contributed by atoms with Gasteiger partial charge in [0.05, 0.1) is 0 Å². The molecule has 3 aliphatic rings. The third-order valence-electron chi connectivity index (χ3n) is 3.21. The molecule has 1 aliphatic carbocycles. The van der Waals surface area contributed by atoms with Crippen LogP contribution in [-0.4, -0.2) is 6.04 Å². The molecule has 68 valence electrons. The molecule has 2 unspecified atom stereocenters. The molecule has 2 heterocycles. The van der Waals surface area contributed by atoms with Gasteiger partial charge >= 0.3 is 0 Å². The van der Waals surface area contributed by atoms with E-state index >= 15 is 0 Å². The zero-order chi connectivity index (χ0) is 9.00. The van der Waals surface area contributed by atoms with Crippen molar-refractivity contribution < 1.29 is 0 Å². The summed E-state index contributed by atoms with van der Waals surface area (Å²) in [5, 5.41) is 3.58. The third kappa shape index (κ3) is 1.09. The van der Waals surface area contributed by atoms with Crippen LogP contribution in [0.3, 0.4) is 0 Å². The minimum Gasteiger partial charge on any atom is -0.307 e. The number of benzene rings is 1. The molecule has 2 bridgehead atoms. The standard InChI is InChI=1S/C11H12BrN/c1-6-2-8(12)3-7-4-9-5-10(13-9)11(6)7/h2-3,9-10,13H,4-5H2,1H3. The lowest BCUT2D eigenvalue weighted by atomic mass is 9.76. The first-order valence-electron chi connectivity index (χ1n) is 4.79. The van der Waals surface area contributed by atoms with Crippen LogP contribution in [-0.2, 0) is 6.42 Å². The molecule has 1 nitrogen and oxygen atoms in total. The summed E-state index contributed by atoms with van der Waals surface area (Å²) >= 11 is 3.56. The van der Waals surface area contributed by atoms with Crippen molar-refractivity contribution in [2.45, 2.75) is 31.8 Å². The molecule has 1 N–H and O–H groups in total. The van der Waals surface area contributed by atoms with E-state index in [1.807, 2.05) is 0 Å². The summed E-state index contributed by atoms with van der Waals surface area (Å²) in [6.07, 6.45) is 2.56. The lowest BCUT2D eigenvalue weighted by Crippen LogP contribution is -2.51. The minimum atomic E-state index is 0.654. The fourth-order valence-electron chi connectivity index (χ4n) is 2.64. The fourth-order valence-corrected chi connectivity index (χ4v) is 3.26. The van der Waals surface area contributed by atoms with Gasteiger partial charge in [-0.15, -0.1) is 0 Å². The average molecular weight is 238 g/mol. The topological polar surface area (TPSA) is 12.0 Å². The van der Waals surface area contributed by atoms with Crippen molar-refractivity contribution in [2.75, 3.05) is 0 Å². The van der Waals surface area contributed by atoms with Gasteiger partial charge in [-0.05, 0) is 48.6 Å². The number of hydrogen-bond donors (Lipinski definition) is 1. The van der Waals surface area contributed by atoms with E-state index in [2.05, 4.69) is 40.3 Å². The highest BCUT2D eigenvalue weighted by Gasteiger charge is 2.37. The Kier molecular flexibility index (Phi) is 1.59. The molecular weight excluding hydrogens is 226 g/mol. The first-order valence-corrected chi connectivity index (χ1v) is 5.58.